The molecule has 0 aliphatic heterocycles. The highest BCUT2D eigenvalue weighted by Crippen LogP contribution is 2.32. The minimum absolute atomic E-state index is 0.134. The van der Waals surface area contributed by atoms with Gasteiger partial charge in [0.05, 0.1) is 6.61 Å². The summed E-state index contributed by atoms with van der Waals surface area (Å²) in [6, 6.07) is 10.1. The number of amides is 1. The highest BCUT2D eigenvalue weighted by molar-refractivity contribution is 5.91. The van der Waals surface area contributed by atoms with E-state index in [4.69, 9.17) is 5.11 Å². The van der Waals surface area contributed by atoms with Gasteiger partial charge in [-0.05, 0) is 66.9 Å². The summed E-state index contributed by atoms with van der Waals surface area (Å²) in [6.45, 7) is 1.58. The third-order valence-corrected chi connectivity index (χ3v) is 4.28. The molecule has 1 aromatic heterocycles. The number of rotatable bonds is 6. The van der Waals surface area contributed by atoms with Gasteiger partial charge >= 0.3 is 0 Å². The van der Waals surface area contributed by atoms with E-state index in [-0.39, 0.29) is 36.6 Å². The molecule has 0 fully saturated rings. The normalized spacial score (nSPS) is 12.3. The molecular formula is C20H20F2N2O2. The molecule has 4 nitrogen and oxygen atoms in total. The van der Waals surface area contributed by atoms with Gasteiger partial charge < -0.3 is 15.4 Å². The van der Waals surface area contributed by atoms with Crippen molar-refractivity contribution in [3.8, 4) is 11.3 Å². The van der Waals surface area contributed by atoms with Crippen molar-refractivity contribution in [2.45, 2.75) is 25.8 Å². The molecule has 1 atom stereocenters. The fourth-order valence-electron chi connectivity index (χ4n) is 2.97. The molecule has 0 saturated carbocycles. The Bertz CT molecular complexity index is 919. The first-order valence-corrected chi connectivity index (χ1v) is 8.44. The molecule has 136 valence electrons. The lowest BCUT2D eigenvalue weighted by atomic mass is 10.0. The fraction of sp³-hybridized carbons (Fsp3) is 0.250. The maximum Gasteiger partial charge on any atom is 0.220 e. The Kier molecular flexibility index (Phi) is 5.32. The van der Waals surface area contributed by atoms with Gasteiger partial charge in [0.2, 0.25) is 5.91 Å². The molecule has 0 radical (unpaired) electrons. The van der Waals surface area contributed by atoms with Crippen molar-refractivity contribution < 1.29 is 18.7 Å². The Morgan fingerprint density at radius 2 is 1.85 bits per heavy atom. The van der Waals surface area contributed by atoms with E-state index in [1.807, 2.05) is 0 Å². The van der Waals surface area contributed by atoms with Gasteiger partial charge in [-0.25, -0.2) is 8.78 Å². The monoisotopic (exact) mass is 358 g/mol. The lowest BCUT2D eigenvalue weighted by molar-refractivity contribution is -0.121. The average Bonchev–Trinajstić information content (AvgIpc) is 2.98. The maximum absolute atomic E-state index is 13.7. The molecule has 0 unspecified atom stereocenters. The van der Waals surface area contributed by atoms with Crippen LogP contribution in [0.2, 0.25) is 0 Å². The number of benzene rings is 2. The van der Waals surface area contributed by atoms with E-state index in [1.54, 1.807) is 25.1 Å². The maximum atomic E-state index is 13.7. The van der Waals surface area contributed by atoms with Crippen LogP contribution in [0, 0.1) is 11.6 Å². The van der Waals surface area contributed by atoms with Gasteiger partial charge in [-0.15, -0.1) is 0 Å². The Labute approximate surface area is 149 Å². The summed E-state index contributed by atoms with van der Waals surface area (Å²) in [5.74, 6) is -0.890. The predicted molar refractivity (Wildman–Crippen MR) is 96.7 cm³/mol. The van der Waals surface area contributed by atoms with Gasteiger partial charge in [0.1, 0.15) is 11.6 Å². The minimum Gasteiger partial charge on any atom is -0.394 e. The third kappa shape index (κ3) is 3.91. The molecule has 6 heteroatoms. The highest BCUT2D eigenvalue weighted by atomic mass is 19.1. The zero-order chi connectivity index (χ0) is 18.7. The molecule has 0 bridgehead atoms. The number of hydrogen-bond donors (Lipinski definition) is 3. The van der Waals surface area contributed by atoms with E-state index in [0.717, 1.165) is 22.3 Å². The second kappa shape index (κ2) is 7.66. The summed E-state index contributed by atoms with van der Waals surface area (Å²) in [6.07, 6.45) is 0.585. The zero-order valence-electron chi connectivity index (χ0n) is 14.4. The number of H-pyrrole nitrogens is 1. The van der Waals surface area contributed by atoms with Crippen molar-refractivity contribution in [2.24, 2.45) is 0 Å². The number of aliphatic hydroxyl groups excluding tert-OH is 1. The van der Waals surface area contributed by atoms with Crippen LogP contribution >= 0.6 is 0 Å². The van der Waals surface area contributed by atoms with Gasteiger partial charge in [-0.3, -0.25) is 4.79 Å². The quantitative estimate of drug-likeness (QED) is 0.631. The van der Waals surface area contributed by atoms with E-state index >= 15 is 0 Å². The van der Waals surface area contributed by atoms with Crippen molar-refractivity contribution in [1.29, 1.82) is 0 Å². The smallest absolute Gasteiger partial charge is 0.220 e. The van der Waals surface area contributed by atoms with Gasteiger partial charge in [0, 0.05) is 29.1 Å². The van der Waals surface area contributed by atoms with Crippen molar-refractivity contribution in [3.63, 3.8) is 0 Å². The van der Waals surface area contributed by atoms with Crippen LogP contribution in [0.5, 0.6) is 0 Å². The second-order valence-electron chi connectivity index (χ2n) is 6.33. The SMILES string of the molecule is C[C@@H](CO)NC(=O)CCc1c(-c2ccc(F)cc2)[nH]c2ccc(F)cc12. The number of carbonyl (C=O) groups excluding carboxylic acids is 1. The average molecular weight is 358 g/mol. The van der Waals surface area contributed by atoms with Crippen LogP contribution in [-0.4, -0.2) is 28.6 Å². The van der Waals surface area contributed by atoms with Crippen LogP contribution in [0.1, 0.15) is 18.9 Å². The van der Waals surface area contributed by atoms with Crippen LogP contribution in [0.4, 0.5) is 8.78 Å². The molecule has 3 rings (SSSR count). The number of halogens is 2. The summed E-state index contributed by atoms with van der Waals surface area (Å²) in [7, 11) is 0. The molecule has 0 aliphatic rings. The Morgan fingerprint density at radius 1 is 1.15 bits per heavy atom. The third-order valence-electron chi connectivity index (χ3n) is 4.28. The molecular weight excluding hydrogens is 338 g/mol. The summed E-state index contributed by atoms with van der Waals surface area (Å²) in [4.78, 5) is 15.3. The van der Waals surface area contributed by atoms with Crippen LogP contribution in [0.3, 0.4) is 0 Å². The van der Waals surface area contributed by atoms with Crippen molar-refractivity contribution in [3.05, 3.63) is 59.7 Å². The zero-order valence-corrected chi connectivity index (χ0v) is 14.4. The molecule has 3 aromatic rings. The molecule has 26 heavy (non-hydrogen) atoms. The van der Waals surface area contributed by atoms with Gasteiger partial charge in [-0.1, -0.05) is 0 Å². The van der Waals surface area contributed by atoms with Crippen molar-refractivity contribution >= 4 is 16.8 Å². The van der Waals surface area contributed by atoms with Crippen molar-refractivity contribution in [1.82, 2.24) is 10.3 Å². The minimum atomic E-state index is -0.359. The van der Waals surface area contributed by atoms with E-state index in [0.29, 0.717) is 11.8 Å². The van der Waals surface area contributed by atoms with Crippen LogP contribution in [0.15, 0.2) is 42.5 Å². The van der Waals surface area contributed by atoms with E-state index in [1.165, 1.54) is 24.3 Å². The van der Waals surface area contributed by atoms with Crippen LogP contribution in [0.25, 0.3) is 22.2 Å². The largest absolute Gasteiger partial charge is 0.394 e. The highest BCUT2D eigenvalue weighted by Gasteiger charge is 2.16. The van der Waals surface area contributed by atoms with Crippen molar-refractivity contribution in [2.75, 3.05) is 6.61 Å². The van der Waals surface area contributed by atoms with Crippen LogP contribution in [-0.2, 0) is 11.2 Å². The number of fused-ring (bicyclic) bond motifs is 1. The molecule has 3 N–H and O–H groups in total. The molecule has 1 heterocycles. The number of carbonyl (C=O) groups is 1. The number of aliphatic hydroxyl groups is 1. The van der Waals surface area contributed by atoms with Gasteiger partial charge in [0.15, 0.2) is 0 Å². The number of hydrogen-bond acceptors (Lipinski definition) is 2. The molecule has 0 aliphatic carbocycles. The number of nitrogens with one attached hydrogen (secondary N) is 2. The first kappa shape index (κ1) is 18.1. The fourth-order valence-corrected chi connectivity index (χ4v) is 2.97. The lowest BCUT2D eigenvalue weighted by Gasteiger charge is -2.11. The second-order valence-corrected chi connectivity index (χ2v) is 6.33. The Balaban J connectivity index is 1.95. The van der Waals surface area contributed by atoms with Gasteiger partial charge in [0.25, 0.3) is 0 Å². The van der Waals surface area contributed by atoms with E-state index in [9.17, 15) is 13.6 Å². The van der Waals surface area contributed by atoms with E-state index < -0.39 is 0 Å². The summed E-state index contributed by atoms with van der Waals surface area (Å²) in [5.41, 5.74) is 3.07. The van der Waals surface area contributed by atoms with Gasteiger partial charge in [-0.2, -0.15) is 0 Å². The summed E-state index contributed by atoms with van der Waals surface area (Å²) < 4.78 is 27.0. The Hall–Kier alpha value is -2.73. The number of aromatic nitrogens is 1. The molecule has 2 aromatic carbocycles. The van der Waals surface area contributed by atoms with Crippen LogP contribution < -0.4 is 5.32 Å². The predicted octanol–water partition coefficient (Wildman–Crippen LogP) is 3.54. The first-order valence-electron chi connectivity index (χ1n) is 8.44. The van der Waals surface area contributed by atoms with E-state index in [2.05, 4.69) is 10.3 Å². The standard InChI is InChI=1S/C20H20F2N2O2/c1-12(11-25)23-19(26)9-7-16-17-10-15(22)6-8-18(17)24-20(16)13-2-4-14(21)5-3-13/h2-6,8,10,12,24-25H,7,9,11H2,1H3,(H,23,26)/t12-/m0/s1. The first-order chi connectivity index (χ1) is 12.5. The number of aryl methyl sites for hydroxylation is 1. The molecule has 0 spiro atoms. The molecule has 0 saturated heterocycles. The topological polar surface area (TPSA) is 65.1 Å². The summed E-state index contributed by atoms with van der Waals surface area (Å²) >= 11 is 0. The molecule has 1 amide bonds. The summed E-state index contributed by atoms with van der Waals surface area (Å²) in [5, 5.41) is 12.4. The lowest BCUT2D eigenvalue weighted by Crippen LogP contribution is -2.35. The Morgan fingerprint density at radius 3 is 2.54 bits per heavy atom. The number of aromatic amines is 1.